The van der Waals surface area contributed by atoms with Gasteiger partial charge in [-0.1, -0.05) is 185 Å². The highest BCUT2D eigenvalue weighted by atomic mass is 15.0. The van der Waals surface area contributed by atoms with Crippen molar-refractivity contribution in [2.24, 2.45) is 0 Å². The van der Waals surface area contributed by atoms with Gasteiger partial charge >= 0.3 is 0 Å². The van der Waals surface area contributed by atoms with Crippen molar-refractivity contribution in [2.45, 2.75) is 38.5 Å². The normalized spacial score (nSPS) is 14.1. The Morgan fingerprint density at radius 1 is 0.310 bits per heavy atom. The summed E-state index contributed by atoms with van der Waals surface area (Å²) in [5.41, 5.74) is 10.2. The van der Waals surface area contributed by atoms with E-state index in [-0.39, 0.29) is 10.8 Å². The molecule has 58 heavy (non-hydrogen) atoms. The summed E-state index contributed by atoms with van der Waals surface area (Å²) in [7, 11) is 0. The molecule has 0 saturated carbocycles. The summed E-state index contributed by atoms with van der Waals surface area (Å²) in [6, 6.07) is 63.6. The van der Waals surface area contributed by atoms with Gasteiger partial charge in [0.05, 0.1) is 0 Å². The maximum Gasteiger partial charge on any atom is 0.164 e. The van der Waals surface area contributed by atoms with Gasteiger partial charge in [-0.3, -0.25) is 0 Å². The summed E-state index contributed by atoms with van der Waals surface area (Å²) >= 11 is 0. The zero-order chi connectivity index (χ0) is 39.2. The van der Waals surface area contributed by atoms with Crippen LogP contribution in [0.2, 0.25) is 0 Å². The van der Waals surface area contributed by atoms with Crippen LogP contribution in [0.4, 0.5) is 0 Å². The Balaban J connectivity index is 1.03. The quantitative estimate of drug-likeness (QED) is 0.169. The summed E-state index contributed by atoms with van der Waals surface area (Å²) in [6.07, 6.45) is 0. The highest BCUT2D eigenvalue weighted by Crippen LogP contribution is 2.54. The van der Waals surface area contributed by atoms with Crippen molar-refractivity contribution in [3.63, 3.8) is 0 Å². The lowest BCUT2D eigenvalue weighted by Gasteiger charge is -2.48. The minimum atomic E-state index is -0.132. The third kappa shape index (κ3) is 5.23. The van der Waals surface area contributed by atoms with Crippen molar-refractivity contribution in [1.29, 1.82) is 0 Å². The number of benzene rings is 9. The zero-order valence-corrected chi connectivity index (χ0v) is 33.1. The molecule has 276 valence electrons. The standard InChI is InChI=1S/C55H41N3/c1-54(2)48-20-11-10-19-45(48)46-29-26-41(33-49(46)55(54,3)4)53-57-51(36-14-6-5-7-15-36)56-52(58-53)40-17-12-16-37(32-40)38-25-27-43-39(31-38)22-21-35-24-28-44-42-18-9-8-13-34(42)23-30-47(44)50(35)43/h5-33H,1-4H3. The van der Waals surface area contributed by atoms with Gasteiger partial charge in [-0.15, -0.1) is 0 Å². The first-order valence-electron chi connectivity index (χ1n) is 20.2. The Labute approximate surface area is 338 Å². The third-order valence-corrected chi connectivity index (χ3v) is 13.2. The van der Waals surface area contributed by atoms with Crippen LogP contribution in [0.25, 0.3) is 99.5 Å². The van der Waals surface area contributed by atoms with Gasteiger partial charge < -0.3 is 0 Å². The SMILES string of the molecule is CC1(C)c2ccccc2-c2ccc(-c3nc(-c4ccccc4)nc(-c4cccc(-c5ccc6c(ccc7ccc8c9ccccc9ccc8c76)c5)c4)n3)cc2C1(C)C. The van der Waals surface area contributed by atoms with Crippen molar-refractivity contribution in [2.75, 3.05) is 0 Å². The molecule has 0 fully saturated rings. The lowest BCUT2D eigenvalue weighted by Crippen LogP contribution is -2.43. The van der Waals surface area contributed by atoms with Gasteiger partial charge in [-0.2, -0.15) is 0 Å². The van der Waals surface area contributed by atoms with Crippen LogP contribution in [0.3, 0.4) is 0 Å². The minimum absolute atomic E-state index is 0.0757. The Kier molecular flexibility index (Phi) is 7.55. The molecule has 3 nitrogen and oxygen atoms in total. The van der Waals surface area contributed by atoms with Gasteiger partial charge in [-0.05, 0) is 105 Å². The smallest absolute Gasteiger partial charge is 0.164 e. The minimum Gasteiger partial charge on any atom is -0.208 e. The average Bonchev–Trinajstić information content (AvgIpc) is 3.28. The second kappa shape index (κ2) is 12.8. The largest absolute Gasteiger partial charge is 0.208 e. The van der Waals surface area contributed by atoms with E-state index in [2.05, 4.69) is 185 Å². The van der Waals surface area contributed by atoms with Gasteiger partial charge in [-0.25, -0.2) is 15.0 Å². The summed E-state index contributed by atoms with van der Waals surface area (Å²) in [5.74, 6) is 1.98. The fourth-order valence-electron chi connectivity index (χ4n) is 9.39. The van der Waals surface area contributed by atoms with Crippen molar-refractivity contribution < 1.29 is 0 Å². The Morgan fingerprint density at radius 3 is 1.71 bits per heavy atom. The molecule has 10 aromatic rings. The average molecular weight is 744 g/mol. The maximum absolute atomic E-state index is 5.22. The predicted octanol–water partition coefficient (Wildman–Crippen LogP) is 14.4. The van der Waals surface area contributed by atoms with Gasteiger partial charge in [0.1, 0.15) is 0 Å². The van der Waals surface area contributed by atoms with E-state index in [0.717, 1.165) is 27.8 Å². The fourth-order valence-corrected chi connectivity index (χ4v) is 9.39. The molecule has 1 aliphatic carbocycles. The van der Waals surface area contributed by atoms with E-state index in [1.807, 2.05) is 18.2 Å². The first-order valence-corrected chi connectivity index (χ1v) is 20.2. The lowest BCUT2D eigenvalue weighted by molar-refractivity contribution is 0.299. The first-order chi connectivity index (χ1) is 28.2. The molecule has 9 aromatic carbocycles. The van der Waals surface area contributed by atoms with E-state index in [0.29, 0.717) is 17.5 Å². The molecule has 0 spiro atoms. The van der Waals surface area contributed by atoms with Crippen LogP contribution < -0.4 is 0 Å². The van der Waals surface area contributed by atoms with E-state index >= 15 is 0 Å². The molecule has 3 heteroatoms. The molecule has 0 saturated heterocycles. The van der Waals surface area contributed by atoms with Crippen LogP contribution in [0.15, 0.2) is 176 Å². The maximum atomic E-state index is 5.22. The van der Waals surface area contributed by atoms with E-state index < -0.39 is 0 Å². The monoisotopic (exact) mass is 743 g/mol. The van der Waals surface area contributed by atoms with Gasteiger partial charge in [0.15, 0.2) is 17.5 Å². The Hall–Kier alpha value is -6.97. The highest BCUT2D eigenvalue weighted by molar-refractivity contribution is 6.24. The van der Waals surface area contributed by atoms with Crippen molar-refractivity contribution in [1.82, 2.24) is 15.0 Å². The highest BCUT2D eigenvalue weighted by Gasteiger charge is 2.45. The molecule has 1 aliphatic rings. The number of aromatic nitrogens is 3. The van der Waals surface area contributed by atoms with Crippen LogP contribution in [-0.4, -0.2) is 15.0 Å². The van der Waals surface area contributed by atoms with Gasteiger partial charge in [0, 0.05) is 16.7 Å². The van der Waals surface area contributed by atoms with Crippen LogP contribution in [0.1, 0.15) is 38.8 Å². The molecule has 0 bridgehead atoms. The van der Waals surface area contributed by atoms with Crippen LogP contribution in [0, 0.1) is 0 Å². The molecule has 0 N–H and O–H groups in total. The van der Waals surface area contributed by atoms with Crippen molar-refractivity contribution in [3.8, 4) is 56.4 Å². The number of rotatable bonds is 4. The number of hydrogen-bond donors (Lipinski definition) is 0. The van der Waals surface area contributed by atoms with Crippen LogP contribution in [0.5, 0.6) is 0 Å². The number of fused-ring (bicyclic) bond motifs is 10. The topological polar surface area (TPSA) is 38.7 Å². The molecule has 1 heterocycles. The first kappa shape index (κ1) is 34.3. The van der Waals surface area contributed by atoms with Gasteiger partial charge in [0.2, 0.25) is 0 Å². The molecular weight excluding hydrogens is 703 g/mol. The van der Waals surface area contributed by atoms with Gasteiger partial charge in [0.25, 0.3) is 0 Å². The van der Waals surface area contributed by atoms with Crippen molar-refractivity contribution in [3.05, 3.63) is 187 Å². The van der Waals surface area contributed by atoms with Crippen LogP contribution >= 0.6 is 0 Å². The lowest BCUT2D eigenvalue weighted by atomic mass is 9.55. The molecule has 1 aromatic heterocycles. The third-order valence-electron chi connectivity index (χ3n) is 13.2. The number of nitrogens with zero attached hydrogens (tertiary/aromatic N) is 3. The second-order valence-electron chi connectivity index (χ2n) is 16.9. The van der Waals surface area contributed by atoms with E-state index in [4.69, 9.17) is 15.0 Å². The molecule has 0 unspecified atom stereocenters. The molecule has 0 aliphatic heterocycles. The molecular formula is C55H41N3. The zero-order valence-electron chi connectivity index (χ0n) is 33.1. The van der Waals surface area contributed by atoms with Crippen molar-refractivity contribution >= 4 is 43.1 Å². The van der Waals surface area contributed by atoms with E-state index in [9.17, 15) is 0 Å². The Bertz CT molecular complexity index is 3290. The van der Waals surface area contributed by atoms with Crippen LogP contribution in [-0.2, 0) is 10.8 Å². The second-order valence-corrected chi connectivity index (χ2v) is 16.9. The molecule has 11 rings (SSSR count). The summed E-state index contributed by atoms with van der Waals surface area (Å²) in [5, 5.41) is 10.1. The fraction of sp³-hybridized carbons (Fsp3) is 0.109. The Morgan fingerprint density at radius 2 is 0.862 bits per heavy atom. The number of hydrogen-bond acceptors (Lipinski definition) is 3. The molecule has 0 amide bonds. The van der Waals surface area contributed by atoms with E-state index in [1.165, 1.54) is 65.3 Å². The predicted molar refractivity (Wildman–Crippen MR) is 243 cm³/mol. The molecule has 0 atom stereocenters. The molecule has 0 radical (unpaired) electrons. The summed E-state index contributed by atoms with van der Waals surface area (Å²) in [6.45, 7) is 9.46. The summed E-state index contributed by atoms with van der Waals surface area (Å²) < 4.78 is 0. The summed E-state index contributed by atoms with van der Waals surface area (Å²) in [4.78, 5) is 15.5. The van der Waals surface area contributed by atoms with E-state index in [1.54, 1.807) is 0 Å².